The van der Waals surface area contributed by atoms with Crippen LogP contribution in [-0.2, 0) is 0 Å². The summed E-state index contributed by atoms with van der Waals surface area (Å²) in [5.41, 5.74) is 0.764. The molecular weight excluding hydrogens is 334 g/mol. The lowest BCUT2D eigenvalue weighted by molar-refractivity contribution is 0.102. The molecule has 0 spiro atoms. The smallest absolute Gasteiger partial charge is 0.255 e. The van der Waals surface area contributed by atoms with Crippen LogP contribution in [0.25, 0.3) is 0 Å². The fourth-order valence-corrected chi connectivity index (χ4v) is 1.87. The molecule has 0 saturated heterocycles. The zero-order chi connectivity index (χ0) is 14.0. The Morgan fingerprint density at radius 2 is 1.84 bits per heavy atom. The van der Waals surface area contributed by atoms with Crippen LogP contribution >= 0.6 is 27.5 Å². The minimum atomic E-state index is -0.385. The summed E-state index contributed by atoms with van der Waals surface area (Å²) in [6.45, 7) is 0. The number of halogens is 2. The Hall–Kier alpha value is -1.72. The molecule has 19 heavy (non-hydrogen) atoms. The Balaban J connectivity index is 2.20. The molecule has 0 aliphatic heterocycles. The molecule has 2 rings (SSSR count). The molecule has 1 amide bonds. The van der Waals surface area contributed by atoms with Crippen LogP contribution in [0.3, 0.4) is 0 Å². The van der Waals surface area contributed by atoms with E-state index in [1.165, 1.54) is 24.3 Å². The van der Waals surface area contributed by atoms with Crippen LogP contribution in [0.15, 0.2) is 40.9 Å². The number of nitrogens with one attached hydrogen (secondary N) is 1. The summed E-state index contributed by atoms with van der Waals surface area (Å²) in [7, 11) is 0. The van der Waals surface area contributed by atoms with Crippen LogP contribution in [0.4, 0.5) is 5.69 Å². The van der Waals surface area contributed by atoms with Crippen LogP contribution in [0, 0.1) is 0 Å². The second-order valence-electron chi connectivity index (χ2n) is 3.79. The van der Waals surface area contributed by atoms with E-state index in [1.807, 2.05) is 0 Å². The van der Waals surface area contributed by atoms with Gasteiger partial charge in [-0.3, -0.25) is 4.79 Å². The first-order valence-electron chi connectivity index (χ1n) is 5.26. The molecular formula is C13H9BrClNO3. The number of carbonyl (C=O) groups is 1. The van der Waals surface area contributed by atoms with E-state index in [1.54, 1.807) is 12.1 Å². The Kier molecular flexibility index (Phi) is 3.97. The molecule has 0 saturated carbocycles. The first-order chi connectivity index (χ1) is 8.97. The molecule has 0 atom stereocenters. The standard InChI is InChI=1S/C13H9BrClNO3/c14-9-3-1-7(5-12(9)18)13(19)16-8-2-4-11(17)10(15)6-8/h1-6,17-18H,(H,16,19). The van der Waals surface area contributed by atoms with Gasteiger partial charge in [0.05, 0.1) is 9.50 Å². The summed E-state index contributed by atoms with van der Waals surface area (Å²) in [6, 6.07) is 8.85. The molecule has 0 unspecified atom stereocenters. The van der Waals surface area contributed by atoms with Gasteiger partial charge in [0.25, 0.3) is 5.91 Å². The number of rotatable bonds is 2. The van der Waals surface area contributed by atoms with Gasteiger partial charge in [0.1, 0.15) is 11.5 Å². The largest absolute Gasteiger partial charge is 0.507 e. The third-order valence-electron chi connectivity index (χ3n) is 2.41. The number of benzene rings is 2. The van der Waals surface area contributed by atoms with Crippen molar-refractivity contribution in [1.29, 1.82) is 0 Å². The second-order valence-corrected chi connectivity index (χ2v) is 5.05. The average molecular weight is 343 g/mol. The van der Waals surface area contributed by atoms with Gasteiger partial charge >= 0.3 is 0 Å². The maximum atomic E-state index is 11.9. The monoisotopic (exact) mass is 341 g/mol. The van der Waals surface area contributed by atoms with E-state index in [0.29, 0.717) is 15.7 Å². The minimum absolute atomic E-state index is 0.0172. The Labute approximate surface area is 122 Å². The maximum Gasteiger partial charge on any atom is 0.255 e. The highest BCUT2D eigenvalue weighted by Crippen LogP contribution is 2.27. The summed E-state index contributed by atoms with van der Waals surface area (Å²) in [6.07, 6.45) is 0. The van der Waals surface area contributed by atoms with E-state index >= 15 is 0 Å². The quantitative estimate of drug-likeness (QED) is 0.728. The number of anilines is 1. The SMILES string of the molecule is O=C(Nc1ccc(O)c(Cl)c1)c1ccc(Br)c(O)c1. The van der Waals surface area contributed by atoms with Crippen molar-refractivity contribution in [2.75, 3.05) is 5.32 Å². The number of amides is 1. The lowest BCUT2D eigenvalue weighted by Gasteiger charge is -2.07. The maximum absolute atomic E-state index is 11.9. The molecule has 98 valence electrons. The van der Waals surface area contributed by atoms with Gasteiger partial charge in [0.15, 0.2) is 0 Å². The topological polar surface area (TPSA) is 69.6 Å². The number of hydrogen-bond donors (Lipinski definition) is 3. The van der Waals surface area contributed by atoms with Gasteiger partial charge < -0.3 is 15.5 Å². The molecule has 0 radical (unpaired) electrons. The van der Waals surface area contributed by atoms with Crippen LogP contribution < -0.4 is 5.32 Å². The van der Waals surface area contributed by atoms with Crippen molar-refractivity contribution in [3.05, 3.63) is 51.5 Å². The Bertz CT molecular complexity index is 646. The van der Waals surface area contributed by atoms with Crippen LogP contribution in [0.5, 0.6) is 11.5 Å². The van der Waals surface area contributed by atoms with Crippen molar-refractivity contribution in [2.24, 2.45) is 0 Å². The van der Waals surface area contributed by atoms with E-state index in [2.05, 4.69) is 21.2 Å². The summed E-state index contributed by atoms with van der Waals surface area (Å²) in [4.78, 5) is 11.9. The summed E-state index contributed by atoms with van der Waals surface area (Å²) >= 11 is 8.88. The van der Waals surface area contributed by atoms with Gasteiger partial charge in [0.2, 0.25) is 0 Å². The van der Waals surface area contributed by atoms with Crippen molar-refractivity contribution in [3.8, 4) is 11.5 Å². The van der Waals surface area contributed by atoms with Gasteiger partial charge in [0, 0.05) is 11.3 Å². The highest BCUT2D eigenvalue weighted by molar-refractivity contribution is 9.10. The van der Waals surface area contributed by atoms with Crippen molar-refractivity contribution >= 4 is 39.1 Å². The van der Waals surface area contributed by atoms with E-state index in [4.69, 9.17) is 11.6 Å². The molecule has 0 fully saturated rings. The fourth-order valence-electron chi connectivity index (χ4n) is 1.44. The minimum Gasteiger partial charge on any atom is -0.507 e. The van der Waals surface area contributed by atoms with Crippen molar-refractivity contribution in [2.45, 2.75) is 0 Å². The first-order valence-corrected chi connectivity index (χ1v) is 6.43. The zero-order valence-corrected chi connectivity index (χ0v) is 11.9. The molecule has 0 aromatic heterocycles. The summed E-state index contributed by atoms with van der Waals surface area (Å²) in [5.74, 6) is -0.457. The third-order valence-corrected chi connectivity index (χ3v) is 3.39. The normalized spacial score (nSPS) is 10.2. The number of carbonyl (C=O) groups excluding carboxylic acids is 1. The van der Waals surface area contributed by atoms with Crippen LogP contribution in [0.1, 0.15) is 10.4 Å². The molecule has 2 aromatic rings. The second kappa shape index (κ2) is 5.50. The number of phenols is 2. The summed E-state index contributed by atoms with van der Waals surface area (Å²) in [5, 5.41) is 21.6. The molecule has 4 nitrogen and oxygen atoms in total. The van der Waals surface area contributed by atoms with Gasteiger partial charge in [-0.05, 0) is 52.3 Å². The lowest BCUT2D eigenvalue weighted by atomic mass is 10.2. The van der Waals surface area contributed by atoms with E-state index in [-0.39, 0.29) is 22.4 Å². The molecule has 0 aliphatic carbocycles. The highest BCUT2D eigenvalue weighted by atomic mass is 79.9. The highest BCUT2D eigenvalue weighted by Gasteiger charge is 2.09. The van der Waals surface area contributed by atoms with E-state index < -0.39 is 0 Å². The van der Waals surface area contributed by atoms with E-state index in [9.17, 15) is 15.0 Å². The first kappa shape index (κ1) is 13.7. The van der Waals surface area contributed by atoms with Crippen molar-refractivity contribution < 1.29 is 15.0 Å². The predicted molar refractivity (Wildman–Crippen MR) is 76.9 cm³/mol. The fraction of sp³-hybridized carbons (Fsp3) is 0. The van der Waals surface area contributed by atoms with Crippen molar-refractivity contribution in [3.63, 3.8) is 0 Å². The number of hydrogen-bond acceptors (Lipinski definition) is 3. The lowest BCUT2D eigenvalue weighted by Crippen LogP contribution is -2.11. The third kappa shape index (κ3) is 3.19. The Morgan fingerprint density at radius 3 is 2.47 bits per heavy atom. The molecule has 6 heteroatoms. The van der Waals surface area contributed by atoms with Gasteiger partial charge in [-0.1, -0.05) is 11.6 Å². The molecule has 2 aromatic carbocycles. The number of phenolic OH excluding ortho intramolecular Hbond substituents is 2. The van der Waals surface area contributed by atoms with Crippen LogP contribution in [-0.4, -0.2) is 16.1 Å². The van der Waals surface area contributed by atoms with Crippen molar-refractivity contribution in [1.82, 2.24) is 0 Å². The molecule has 0 heterocycles. The molecule has 0 bridgehead atoms. The average Bonchev–Trinajstić information content (AvgIpc) is 2.37. The number of aromatic hydroxyl groups is 2. The molecule has 3 N–H and O–H groups in total. The Morgan fingerprint density at radius 1 is 1.11 bits per heavy atom. The van der Waals surface area contributed by atoms with Crippen LogP contribution in [0.2, 0.25) is 5.02 Å². The zero-order valence-electron chi connectivity index (χ0n) is 9.52. The summed E-state index contributed by atoms with van der Waals surface area (Å²) < 4.78 is 0.511. The van der Waals surface area contributed by atoms with Gasteiger partial charge in [-0.15, -0.1) is 0 Å². The molecule has 0 aliphatic rings. The van der Waals surface area contributed by atoms with Gasteiger partial charge in [-0.2, -0.15) is 0 Å². The van der Waals surface area contributed by atoms with E-state index in [0.717, 1.165) is 0 Å². The predicted octanol–water partition coefficient (Wildman–Crippen LogP) is 3.77. The van der Waals surface area contributed by atoms with Gasteiger partial charge in [-0.25, -0.2) is 0 Å².